The molecule has 2 aromatic rings. The third-order valence-corrected chi connectivity index (χ3v) is 5.04. The molecular weight excluding hydrogens is 328 g/mol. The summed E-state index contributed by atoms with van der Waals surface area (Å²) < 4.78 is 32.5. The van der Waals surface area contributed by atoms with Crippen LogP contribution < -0.4 is 15.7 Å². The van der Waals surface area contributed by atoms with E-state index in [1.54, 1.807) is 6.07 Å². The molecule has 1 unspecified atom stereocenters. The highest BCUT2D eigenvalue weighted by Crippen LogP contribution is 2.18. The molecule has 8 heteroatoms. The summed E-state index contributed by atoms with van der Waals surface area (Å²) in [6.07, 6.45) is 1.78. The molecule has 1 fully saturated rings. The van der Waals surface area contributed by atoms with Crippen molar-refractivity contribution in [3.8, 4) is 0 Å². The Labute approximate surface area is 134 Å². The molecule has 1 saturated heterocycles. The van der Waals surface area contributed by atoms with E-state index in [1.165, 1.54) is 24.3 Å². The lowest BCUT2D eigenvalue weighted by molar-refractivity contribution is 0.428. The monoisotopic (exact) mass is 344 g/mol. The Morgan fingerprint density at radius 1 is 1.23 bits per heavy atom. The first-order valence-corrected chi connectivity index (χ1v) is 8.30. The normalized spacial score (nSPS) is 18.8. The number of fused-ring (bicyclic) bond motifs is 1. The van der Waals surface area contributed by atoms with E-state index in [0.29, 0.717) is 17.5 Å². The van der Waals surface area contributed by atoms with Crippen molar-refractivity contribution in [3.05, 3.63) is 40.8 Å². The van der Waals surface area contributed by atoms with E-state index in [9.17, 15) is 13.2 Å². The third kappa shape index (κ3) is 3.67. The molecule has 0 saturated carbocycles. The molecule has 120 valence electrons. The van der Waals surface area contributed by atoms with Crippen molar-refractivity contribution in [1.82, 2.24) is 10.0 Å². The standard InChI is InChI=1S/C14H16N2O4S.ClH/c17-14-6-3-10-8-12(4-5-13(10)20-14)21(18,19)16-11-2-1-7-15-9-11;/h3-6,8,11,15-16H,1-2,7,9H2;1H. The van der Waals surface area contributed by atoms with Gasteiger partial charge in [0.1, 0.15) is 5.58 Å². The maximum atomic E-state index is 12.4. The van der Waals surface area contributed by atoms with Gasteiger partial charge in [-0.2, -0.15) is 0 Å². The summed E-state index contributed by atoms with van der Waals surface area (Å²) in [6, 6.07) is 7.21. The van der Waals surface area contributed by atoms with E-state index in [1.807, 2.05) is 0 Å². The summed E-state index contributed by atoms with van der Waals surface area (Å²) in [5, 5.41) is 3.75. The fraction of sp³-hybridized carbons (Fsp3) is 0.357. The van der Waals surface area contributed by atoms with Crippen LogP contribution in [0.2, 0.25) is 0 Å². The van der Waals surface area contributed by atoms with Crippen LogP contribution in [0, 0.1) is 0 Å². The van der Waals surface area contributed by atoms with Crippen LogP contribution in [-0.2, 0) is 10.0 Å². The quantitative estimate of drug-likeness (QED) is 0.818. The largest absolute Gasteiger partial charge is 0.423 e. The Bertz CT molecular complexity index is 813. The lowest BCUT2D eigenvalue weighted by Gasteiger charge is -2.23. The number of nitrogens with one attached hydrogen (secondary N) is 2. The highest BCUT2D eigenvalue weighted by atomic mass is 35.5. The molecule has 1 aromatic carbocycles. The molecule has 1 aliphatic rings. The number of rotatable bonds is 3. The maximum absolute atomic E-state index is 12.4. The van der Waals surface area contributed by atoms with Crippen LogP contribution in [0.3, 0.4) is 0 Å². The lowest BCUT2D eigenvalue weighted by Crippen LogP contribution is -2.45. The van der Waals surface area contributed by atoms with Crippen molar-refractivity contribution in [2.24, 2.45) is 0 Å². The molecule has 2 heterocycles. The zero-order valence-electron chi connectivity index (χ0n) is 11.7. The molecular formula is C14H17ClN2O4S. The van der Waals surface area contributed by atoms with E-state index in [-0.39, 0.29) is 23.3 Å². The first-order valence-electron chi connectivity index (χ1n) is 6.81. The van der Waals surface area contributed by atoms with Crippen LogP contribution in [-0.4, -0.2) is 27.5 Å². The smallest absolute Gasteiger partial charge is 0.336 e. The van der Waals surface area contributed by atoms with E-state index < -0.39 is 15.6 Å². The van der Waals surface area contributed by atoms with E-state index in [2.05, 4.69) is 10.0 Å². The van der Waals surface area contributed by atoms with Gasteiger partial charge in [-0.05, 0) is 43.7 Å². The molecule has 3 rings (SSSR count). The van der Waals surface area contributed by atoms with Crippen LogP contribution in [0.1, 0.15) is 12.8 Å². The summed E-state index contributed by atoms with van der Waals surface area (Å²) in [7, 11) is -3.57. The molecule has 0 radical (unpaired) electrons. The van der Waals surface area contributed by atoms with Crippen molar-refractivity contribution in [3.63, 3.8) is 0 Å². The van der Waals surface area contributed by atoms with Gasteiger partial charge in [-0.1, -0.05) is 0 Å². The molecule has 0 spiro atoms. The Balaban J connectivity index is 0.00000176. The third-order valence-electron chi connectivity index (χ3n) is 3.52. The second-order valence-electron chi connectivity index (χ2n) is 5.12. The molecule has 6 nitrogen and oxygen atoms in total. The highest BCUT2D eigenvalue weighted by Gasteiger charge is 2.21. The molecule has 2 N–H and O–H groups in total. The minimum absolute atomic E-state index is 0. The minimum atomic E-state index is -3.57. The summed E-state index contributed by atoms with van der Waals surface area (Å²) in [4.78, 5) is 11.3. The van der Waals surface area contributed by atoms with Crippen LogP contribution in [0.4, 0.5) is 0 Å². The van der Waals surface area contributed by atoms with Gasteiger partial charge in [0.15, 0.2) is 0 Å². The lowest BCUT2D eigenvalue weighted by atomic mass is 10.1. The Hall–Kier alpha value is -1.41. The first kappa shape index (κ1) is 17.0. The van der Waals surface area contributed by atoms with Gasteiger partial charge < -0.3 is 9.73 Å². The van der Waals surface area contributed by atoms with Crippen molar-refractivity contribution in [1.29, 1.82) is 0 Å². The van der Waals surface area contributed by atoms with Gasteiger partial charge in [0, 0.05) is 24.0 Å². The highest BCUT2D eigenvalue weighted by molar-refractivity contribution is 7.89. The van der Waals surface area contributed by atoms with Gasteiger partial charge in [0.25, 0.3) is 0 Å². The van der Waals surface area contributed by atoms with Crippen LogP contribution in [0.25, 0.3) is 11.0 Å². The second-order valence-corrected chi connectivity index (χ2v) is 6.83. The van der Waals surface area contributed by atoms with Crippen molar-refractivity contribution in [2.75, 3.05) is 13.1 Å². The summed E-state index contributed by atoms with van der Waals surface area (Å²) >= 11 is 0. The number of hydrogen-bond acceptors (Lipinski definition) is 5. The van der Waals surface area contributed by atoms with Crippen molar-refractivity contribution < 1.29 is 12.8 Å². The predicted octanol–water partition coefficient (Wildman–Crippen LogP) is 1.25. The van der Waals surface area contributed by atoms with Gasteiger partial charge in [-0.3, -0.25) is 0 Å². The van der Waals surface area contributed by atoms with Crippen LogP contribution >= 0.6 is 12.4 Å². The summed E-state index contributed by atoms with van der Waals surface area (Å²) in [5.74, 6) is 0. The van der Waals surface area contributed by atoms with Crippen LogP contribution in [0.15, 0.2) is 44.4 Å². The zero-order valence-corrected chi connectivity index (χ0v) is 13.4. The average molecular weight is 345 g/mol. The van der Waals surface area contributed by atoms with E-state index in [4.69, 9.17) is 4.42 Å². The van der Waals surface area contributed by atoms with Gasteiger partial charge >= 0.3 is 5.63 Å². The zero-order chi connectivity index (χ0) is 14.9. The molecule has 0 aliphatic carbocycles. The predicted molar refractivity (Wildman–Crippen MR) is 85.9 cm³/mol. The number of benzene rings is 1. The molecule has 22 heavy (non-hydrogen) atoms. The second kappa shape index (κ2) is 6.78. The number of piperidine rings is 1. The van der Waals surface area contributed by atoms with E-state index in [0.717, 1.165) is 19.4 Å². The molecule has 1 aliphatic heterocycles. The molecule has 1 aromatic heterocycles. The van der Waals surface area contributed by atoms with Crippen molar-refractivity contribution in [2.45, 2.75) is 23.8 Å². The van der Waals surface area contributed by atoms with Crippen LogP contribution in [0.5, 0.6) is 0 Å². The summed E-state index contributed by atoms with van der Waals surface area (Å²) in [6.45, 7) is 1.56. The van der Waals surface area contributed by atoms with Crippen molar-refractivity contribution >= 4 is 33.4 Å². The SMILES string of the molecule is Cl.O=c1ccc2cc(S(=O)(=O)NC3CCCNC3)ccc2o1. The fourth-order valence-electron chi connectivity index (χ4n) is 2.46. The average Bonchev–Trinajstić information content (AvgIpc) is 2.47. The summed E-state index contributed by atoms with van der Waals surface area (Å²) in [5.41, 5.74) is -0.0784. The number of hydrogen-bond donors (Lipinski definition) is 2. The molecule has 0 bridgehead atoms. The van der Waals surface area contributed by atoms with Gasteiger partial charge in [-0.25, -0.2) is 17.9 Å². The minimum Gasteiger partial charge on any atom is -0.423 e. The Kier molecular flexibility index (Phi) is 5.23. The number of halogens is 1. The Morgan fingerprint density at radius 2 is 2.05 bits per heavy atom. The fourth-order valence-corrected chi connectivity index (χ4v) is 3.76. The topological polar surface area (TPSA) is 88.4 Å². The van der Waals surface area contributed by atoms with Gasteiger partial charge in [-0.15, -0.1) is 12.4 Å². The maximum Gasteiger partial charge on any atom is 0.336 e. The number of sulfonamides is 1. The Morgan fingerprint density at radius 3 is 2.77 bits per heavy atom. The van der Waals surface area contributed by atoms with Gasteiger partial charge in [0.2, 0.25) is 10.0 Å². The first-order chi connectivity index (χ1) is 10.0. The molecule has 0 amide bonds. The molecule has 1 atom stereocenters. The van der Waals surface area contributed by atoms with Gasteiger partial charge in [0.05, 0.1) is 4.90 Å². The van der Waals surface area contributed by atoms with E-state index >= 15 is 0 Å².